The molecule has 10 heteroatoms. The molecule has 1 unspecified atom stereocenters. The molecule has 0 radical (unpaired) electrons. The van der Waals surface area contributed by atoms with E-state index in [0.29, 0.717) is 11.4 Å². The SMILES string of the molecule is CC(NC(=O)NOCc1ccc(C(F)(F)F)cc1)c1ncn[nH]1. The molecule has 1 aromatic carbocycles. The lowest BCUT2D eigenvalue weighted by Gasteiger charge is -2.12. The number of rotatable bonds is 5. The fourth-order valence-corrected chi connectivity index (χ4v) is 1.69. The van der Waals surface area contributed by atoms with Gasteiger partial charge in [-0.05, 0) is 24.6 Å². The minimum absolute atomic E-state index is 0.0672. The van der Waals surface area contributed by atoms with Crippen molar-refractivity contribution in [3.8, 4) is 0 Å². The molecule has 2 amide bonds. The summed E-state index contributed by atoms with van der Waals surface area (Å²) in [6.45, 7) is 1.62. The van der Waals surface area contributed by atoms with E-state index in [4.69, 9.17) is 4.84 Å². The van der Waals surface area contributed by atoms with Gasteiger partial charge in [-0.1, -0.05) is 12.1 Å². The number of benzene rings is 1. The highest BCUT2D eigenvalue weighted by molar-refractivity contribution is 5.73. The summed E-state index contributed by atoms with van der Waals surface area (Å²) in [5.41, 5.74) is 1.88. The van der Waals surface area contributed by atoms with Crippen molar-refractivity contribution in [1.82, 2.24) is 26.0 Å². The largest absolute Gasteiger partial charge is 0.416 e. The lowest BCUT2D eigenvalue weighted by molar-refractivity contribution is -0.137. The van der Waals surface area contributed by atoms with E-state index < -0.39 is 23.8 Å². The maximum absolute atomic E-state index is 12.4. The predicted molar refractivity (Wildman–Crippen MR) is 72.7 cm³/mol. The zero-order valence-corrected chi connectivity index (χ0v) is 12.0. The molecule has 0 aliphatic rings. The Kier molecular flexibility index (Phi) is 5.16. The highest BCUT2D eigenvalue weighted by atomic mass is 19.4. The maximum Gasteiger partial charge on any atom is 0.416 e. The number of carbonyl (C=O) groups excluding carboxylic acids is 1. The molecule has 124 valence electrons. The Labute approximate surface area is 129 Å². The molecule has 0 saturated carbocycles. The van der Waals surface area contributed by atoms with Crippen molar-refractivity contribution < 1.29 is 22.8 Å². The second kappa shape index (κ2) is 7.09. The summed E-state index contributed by atoms with van der Waals surface area (Å²) < 4.78 is 37.2. The van der Waals surface area contributed by atoms with Gasteiger partial charge in [-0.25, -0.2) is 15.3 Å². The number of alkyl halides is 3. The highest BCUT2D eigenvalue weighted by Crippen LogP contribution is 2.29. The Hall–Kier alpha value is -2.62. The van der Waals surface area contributed by atoms with Crippen LogP contribution in [0.3, 0.4) is 0 Å². The quantitative estimate of drug-likeness (QED) is 0.734. The molecule has 0 spiro atoms. The number of halogens is 3. The van der Waals surface area contributed by atoms with Crippen LogP contribution < -0.4 is 10.8 Å². The molecule has 0 bridgehead atoms. The Morgan fingerprint density at radius 3 is 2.61 bits per heavy atom. The first-order valence-corrected chi connectivity index (χ1v) is 6.56. The number of hydrogen-bond acceptors (Lipinski definition) is 4. The number of aromatic nitrogens is 3. The smallest absolute Gasteiger partial charge is 0.327 e. The van der Waals surface area contributed by atoms with Crippen LogP contribution in [0.5, 0.6) is 0 Å². The van der Waals surface area contributed by atoms with Crippen LogP contribution in [0.15, 0.2) is 30.6 Å². The number of aromatic amines is 1. The Morgan fingerprint density at radius 2 is 2.04 bits per heavy atom. The third-order valence-corrected chi connectivity index (χ3v) is 2.88. The molecule has 1 atom stereocenters. The third-order valence-electron chi connectivity index (χ3n) is 2.88. The van der Waals surface area contributed by atoms with Crippen LogP contribution in [0, 0.1) is 0 Å². The summed E-state index contributed by atoms with van der Waals surface area (Å²) >= 11 is 0. The molecule has 0 aliphatic carbocycles. The first kappa shape index (κ1) is 16.7. The molecule has 1 aromatic heterocycles. The Balaban J connectivity index is 1.75. The number of hydrogen-bond donors (Lipinski definition) is 3. The lowest BCUT2D eigenvalue weighted by atomic mass is 10.1. The summed E-state index contributed by atoms with van der Waals surface area (Å²) in [5.74, 6) is 0.475. The number of amides is 2. The van der Waals surface area contributed by atoms with Crippen LogP contribution in [-0.2, 0) is 17.6 Å². The number of urea groups is 1. The Bertz CT molecular complexity index is 628. The van der Waals surface area contributed by atoms with Gasteiger partial charge in [-0.15, -0.1) is 0 Å². The highest BCUT2D eigenvalue weighted by Gasteiger charge is 2.29. The van der Waals surface area contributed by atoms with Gasteiger partial charge in [-0.2, -0.15) is 18.3 Å². The van der Waals surface area contributed by atoms with Crippen LogP contribution in [0.25, 0.3) is 0 Å². The molecule has 3 N–H and O–H groups in total. The standard InChI is InChI=1S/C13H14F3N5O2/c1-8(11-17-7-18-20-11)19-12(22)21-23-6-9-2-4-10(5-3-9)13(14,15)16/h2-5,7-8H,6H2,1H3,(H,17,18,20)(H2,19,21,22). The molecule has 2 rings (SSSR count). The molecule has 23 heavy (non-hydrogen) atoms. The molecule has 0 saturated heterocycles. The predicted octanol–water partition coefficient (Wildman–Crippen LogP) is 2.32. The molecule has 2 aromatic rings. The van der Waals surface area contributed by atoms with E-state index in [1.54, 1.807) is 6.92 Å². The van der Waals surface area contributed by atoms with Crippen LogP contribution in [0.1, 0.15) is 29.9 Å². The van der Waals surface area contributed by atoms with Gasteiger partial charge >= 0.3 is 12.2 Å². The number of carbonyl (C=O) groups is 1. The minimum atomic E-state index is -4.38. The van der Waals surface area contributed by atoms with Crippen molar-refractivity contribution in [3.05, 3.63) is 47.5 Å². The monoisotopic (exact) mass is 329 g/mol. The van der Waals surface area contributed by atoms with E-state index in [9.17, 15) is 18.0 Å². The van der Waals surface area contributed by atoms with E-state index in [1.165, 1.54) is 18.5 Å². The average Bonchev–Trinajstić information content (AvgIpc) is 3.01. The van der Waals surface area contributed by atoms with E-state index in [0.717, 1.165) is 12.1 Å². The molecule has 0 aliphatic heterocycles. The summed E-state index contributed by atoms with van der Waals surface area (Å²) in [6, 6.07) is 3.43. The number of hydroxylamine groups is 1. The third kappa shape index (κ3) is 4.95. The molecule has 0 fully saturated rings. The van der Waals surface area contributed by atoms with Crippen molar-refractivity contribution >= 4 is 6.03 Å². The topological polar surface area (TPSA) is 91.9 Å². The molecule has 7 nitrogen and oxygen atoms in total. The maximum atomic E-state index is 12.4. The number of nitrogens with zero attached hydrogens (tertiary/aromatic N) is 2. The van der Waals surface area contributed by atoms with Gasteiger partial charge in [0.2, 0.25) is 0 Å². The minimum Gasteiger partial charge on any atom is -0.327 e. The summed E-state index contributed by atoms with van der Waals surface area (Å²) in [5, 5.41) is 8.80. The fraction of sp³-hybridized carbons (Fsp3) is 0.308. The van der Waals surface area contributed by atoms with E-state index in [2.05, 4.69) is 26.0 Å². The van der Waals surface area contributed by atoms with Crippen LogP contribution in [-0.4, -0.2) is 21.2 Å². The van der Waals surface area contributed by atoms with E-state index >= 15 is 0 Å². The zero-order chi connectivity index (χ0) is 16.9. The number of nitrogens with one attached hydrogen (secondary N) is 3. The van der Waals surface area contributed by atoms with Gasteiger partial charge < -0.3 is 5.32 Å². The van der Waals surface area contributed by atoms with Crippen molar-refractivity contribution in [2.45, 2.75) is 25.7 Å². The van der Waals surface area contributed by atoms with Gasteiger partial charge in [0.15, 0.2) is 0 Å². The van der Waals surface area contributed by atoms with Gasteiger partial charge in [0.25, 0.3) is 0 Å². The van der Waals surface area contributed by atoms with Crippen molar-refractivity contribution in [2.75, 3.05) is 0 Å². The first-order chi connectivity index (χ1) is 10.9. The second-order valence-electron chi connectivity index (χ2n) is 4.65. The van der Waals surface area contributed by atoms with Crippen LogP contribution >= 0.6 is 0 Å². The van der Waals surface area contributed by atoms with Gasteiger partial charge in [0, 0.05) is 0 Å². The Morgan fingerprint density at radius 1 is 1.35 bits per heavy atom. The van der Waals surface area contributed by atoms with Crippen LogP contribution in [0.4, 0.5) is 18.0 Å². The zero-order valence-electron chi connectivity index (χ0n) is 12.0. The first-order valence-electron chi connectivity index (χ1n) is 6.56. The van der Waals surface area contributed by atoms with Gasteiger partial charge in [-0.3, -0.25) is 9.94 Å². The summed E-state index contributed by atoms with van der Waals surface area (Å²) in [7, 11) is 0. The van der Waals surface area contributed by atoms with Gasteiger partial charge in [0.1, 0.15) is 12.2 Å². The molecular formula is C13H14F3N5O2. The van der Waals surface area contributed by atoms with E-state index in [-0.39, 0.29) is 6.61 Å². The van der Waals surface area contributed by atoms with Gasteiger partial charge in [0.05, 0.1) is 18.2 Å². The normalized spacial score (nSPS) is 12.7. The average molecular weight is 329 g/mol. The van der Waals surface area contributed by atoms with Crippen molar-refractivity contribution in [1.29, 1.82) is 0 Å². The second-order valence-corrected chi connectivity index (χ2v) is 4.65. The van der Waals surface area contributed by atoms with Crippen molar-refractivity contribution in [3.63, 3.8) is 0 Å². The molecular weight excluding hydrogens is 315 g/mol. The lowest BCUT2D eigenvalue weighted by Crippen LogP contribution is -2.37. The van der Waals surface area contributed by atoms with E-state index in [1.807, 2.05) is 0 Å². The van der Waals surface area contributed by atoms with Crippen LogP contribution in [0.2, 0.25) is 0 Å². The fourth-order valence-electron chi connectivity index (χ4n) is 1.69. The molecule has 1 heterocycles. The summed E-state index contributed by atoms with van der Waals surface area (Å²) in [4.78, 5) is 20.4. The van der Waals surface area contributed by atoms with Crippen molar-refractivity contribution in [2.24, 2.45) is 0 Å². The number of H-pyrrole nitrogens is 1. The summed E-state index contributed by atoms with van der Waals surface area (Å²) in [6.07, 6.45) is -3.07.